The van der Waals surface area contributed by atoms with Crippen molar-refractivity contribution in [2.45, 2.75) is 333 Å². The van der Waals surface area contributed by atoms with Crippen LogP contribution < -0.4 is 0 Å². The molecule has 0 spiro atoms. The highest BCUT2D eigenvalue weighted by Gasteiger charge is 2.71. The predicted molar refractivity (Wildman–Crippen MR) is 369 cm³/mol. The maximum absolute atomic E-state index is 15.7. The average molecular weight is 1620 g/mol. The van der Waals surface area contributed by atoms with E-state index in [0.717, 1.165) is 0 Å². The monoisotopic (exact) mass is 1620 g/mol. The summed E-state index contributed by atoms with van der Waals surface area (Å²) in [5.74, 6) is -1.71. The lowest BCUT2D eigenvalue weighted by Gasteiger charge is -2.65. The molecule has 0 amide bonds. The van der Waals surface area contributed by atoms with Gasteiger partial charge in [0.05, 0.1) is 76.8 Å². The molecular formula is C73H122O39. The summed E-state index contributed by atoms with van der Waals surface area (Å²) in [7, 11) is 0. The van der Waals surface area contributed by atoms with E-state index in [1.807, 2.05) is 13.0 Å². The molecular weight excluding hydrogens is 1500 g/mol. The number of rotatable bonds is 27. The number of allylic oxidation sites excluding steroid dienone is 1. The lowest BCUT2D eigenvalue weighted by molar-refractivity contribution is -0.387. The van der Waals surface area contributed by atoms with E-state index in [1.54, 1.807) is 6.92 Å². The Bertz CT molecular complexity index is 3080. The van der Waals surface area contributed by atoms with Gasteiger partial charge < -0.3 is 189 Å². The number of carbonyl (C=O) groups is 1. The first-order valence-electron chi connectivity index (χ1n) is 38.9. The summed E-state index contributed by atoms with van der Waals surface area (Å²) in [6, 6.07) is 0. The van der Waals surface area contributed by atoms with Gasteiger partial charge in [0.1, 0.15) is 164 Å². The van der Waals surface area contributed by atoms with Gasteiger partial charge in [-0.05, 0) is 93.3 Å². The van der Waals surface area contributed by atoms with Crippen molar-refractivity contribution in [3.05, 3.63) is 11.6 Å². The summed E-state index contributed by atoms with van der Waals surface area (Å²) < 4.78 is 82.5. The lowest BCUT2D eigenvalue weighted by atomic mass is 9.38. The molecule has 10 fully saturated rings. The number of aliphatic hydroxyl groups excluding tert-OH is 23. The van der Waals surface area contributed by atoms with Crippen LogP contribution in [0.3, 0.4) is 0 Å². The van der Waals surface area contributed by atoms with Gasteiger partial charge in [-0.15, -0.1) is 0 Å². The topological polar surface area (TPSA) is 632 Å². The SMILES string of the molecule is C[C@@H]1[C@@H](O)[C@H](OC[C@H]2O[C@@H](OC[C@H]3O[C@@H](O[C@H](CC[C@@H](C)[C@H]4CC[C@@]5(C)[C@@H]6CC=C7[C@@H](CC[C@H](O)[C@]7(C)CO[C@@H]7O[C@H](CO[C@@H]8O[C@H](CO)[C@@H](O)[C@H](O)[C@H]8O)[C@@H](O)[C@H](O)[C@H]7O[C@@H]7O[C@H](CO)[C@@H](O[C@@H]8O[C@H](CO)[C@@H](O)[C@H](O)[C@H]8O)[C@H](O)[C@H]7O)[C@]6(C)C(=O)C[C@]45C)C(C)(C)O)[C@H](O)[C@@H](O)[C@@H]3O)[C@H](O)[C@@H](O)[C@@H]2O)O[C@H](CO)[C@H]1O. The minimum Gasteiger partial charge on any atom is -0.394 e. The van der Waals surface area contributed by atoms with E-state index < -0.39 is 313 Å². The third-order valence-corrected chi connectivity index (χ3v) is 27.3. The summed E-state index contributed by atoms with van der Waals surface area (Å²) in [5.41, 5.74) is -4.35. The molecule has 39 nitrogen and oxygen atoms in total. The molecule has 0 unspecified atom stereocenters. The van der Waals surface area contributed by atoms with Crippen LogP contribution in [-0.2, 0) is 71.1 Å². The zero-order valence-corrected chi connectivity index (χ0v) is 63.9. The molecule has 7 heterocycles. The van der Waals surface area contributed by atoms with Gasteiger partial charge in [-0.3, -0.25) is 4.79 Å². The molecule has 39 heteroatoms. The van der Waals surface area contributed by atoms with Crippen molar-refractivity contribution in [1.29, 1.82) is 0 Å². The zero-order chi connectivity index (χ0) is 82.2. The second-order valence-electron chi connectivity index (χ2n) is 34.4. The molecule has 112 heavy (non-hydrogen) atoms. The minimum absolute atomic E-state index is 0.00178. The molecule has 0 aromatic heterocycles. The summed E-state index contributed by atoms with van der Waals surface area (Å²) in [4.78, 5) is 15.7. The van der Waals surface area contributed by atoms with Crippen molar-refractivity contribution < 1.29 is 194 Å². The summed E-state index contributed by atoms with van der Waals surface area (Å²) in [6.07, 6.45) is -56.7. The van der Waals surface area contributed by atoms with Crippen LogP contribution in [0.15, 0.2) is 11.6 Å². The number of hydrogen-bond acceptors (Lipinski definition) is 39. The standard InChI is InChI=1S/C73H122O39/c1-26(9-14-41(69(3,4)98)110-65-57(95)52(90)47(85)36(108-65)23-101-64-56(94)51(89)46(84)35(107-64)22-99-62-43(81)27(2)42(80)31(18-74)103-62)28-15-16-71(6)38-12-10-29-30(73(38,8)40(79)17-72(28,71)7)11-13-39(78)70(29,5)25-102-68-61(53(91)48(86)37(109-68)24-100-63-55(93)49(87)44(82)32(19-75)104-63)112-67-59(97)54(92)60(34(21-77)106-67)111-66-58(96)50(88)45(83)33(20-76)105-66/h10,26-28,30-39,41-68,74-78,80-98H,9,11-25H2,1-8H3/t26-,27+,28-,30-,31-,32-,33-,34-,35-,36-,37-,38+,39+,41-,42+,43-,44-,45-,46-,47-,48-,49+,50+,51+,52+,53+,54-,55-,56-,57-,58-,59-,60-,61-,62-,63-,64-,65+,66+,67+,68-,70-,71+,72-,73+/m1/s1. The maximum atomic E-state index is 15.7. The van der Waals surface area contributed by atoms with Crippen molar-refractivity contribution in [3.63, 3.8) is 0 Å². The lowest BCUT2D eigenvalue weighted by Crippen LogP contribution is -2.67. The largest absolute Gasteiger partial charge is 0.394 e. The summed E-state index contributed by atoms with van der Waals surface area (Å²) in [6.45, 7) is 8.98. The Morgan fingerprint density at radius 1 is 0.455 bits per heavy atom. The van der Waals surface area contributed by atoms with Gasteiger partial charge in [-0.25, -0.2) is 0 Å². The van der Waals surface area contributed by atoms with E-state index in [0.29, 0.717) is 37.7 Å². The van der Waals surface area contributed by atoms with Crippen molar-refractivity contribution in [1.82, 2.24) is 0 Å². The van der Waals surface area contributed by atoms with Gasteiger partial charge >= 0.3 is 0 Å². The number of Topliss-reactive ketones (excluding diaryl/α,β-unsaturated/α-hetero) is 1. The fourth-order valence-electron chi connectivity index (χ4n) is 19.7. The van der Waals surface area contributed by atoms with E-state index in [-0.39, 0.29) is 42.8 Å². The Kier molecular flexibility index (Phi) is 29.1. The minimum atomic E-state index is -2.16. The Morgan fingerprint density at radius 3 is 1.38 bits per heavy atom. The van der Waals surface area contributed by atoms with E-state index >= 15 is 4.79 Å². The second-order valence-corrected chi connectivity index (χ2v) is 34.4. The van der Waals surface area contributed by atoms with Gasteiger partial charge in [0, 0.05) is 23.2 Å². The number of ether oxygens (including phenoxy) is 14. The van der Waals surface area contributed by atoms with Crippen LogP contribution in [0.2, 0.25) is 0 Å². The van der Waals surface area contributed by atoms with Crippen LogP contribution in [0, 0.1) is 51.2 Å². The molecule has 0 bridgehead atoms. The normalized spacial score (nSPS) is 52.1. The summed E-state index contributed by atoms with van der Waals surface area (Å²) in [5, 5.41) is 262. The Labute approximate surface area is 646 Å². The highest BCUT2D eigenvalue weighted by atomic mass is 16.8. The van der Waals surface area contributed by atoms with E-state index in [9.17, 15) is 123 Å². The first-order chi connectivity index (χ1) is 52.6. The van der Waals surface area contributed by atoms with E-state index in [1.165, 1.54) is 20.8 Å². The van der Waals surface area contributed by atoms with Crippen LogP contribution in [0.5, 0.6) is 0 Å². The summed E-state index contributed by atoms with van der Waals surface area (Å²) >= 11 is 0. The average Bonchev–Trinajstić information content (AvgIpc) is 1.37. The third kappa shape index (κ3) is 16.9. The smallest absolute Gasteiger partial charge is 0.187 e. The van der Waals surface area contributed by atoms with Crippen LogP contribution >= 0.6 is 0 Å². The molecule has 7 saturated heterocycles. The Balaban J connectivity index is 0.762. The molecule has 648 valence electrons. The van der Waals surface area contributed by atoms with E-state index in [4.69, 9.17) is 66.3 Å². The first-order valence-corrected chi connectivity index (χ1v) is 38.9. The van der Waals surface area contributed by atoms with E-state index in [2.05, 4.69) is 20.8 Å². The van der Waals surface area contributed by atoms with Gasteiger partial charge in [-0.1, -0.05) is 53.2 Å². The van der Waals surface area contributed by atoms with Crippen molar-refractivity contribution in [2.24, 2.45) is 51.2 Å². The van der Waals surface area contributed by atoms with Crippen LogP contribution in [0.4, 0.5) is 0 Å². The Hall–Kier alpha value is -2.11. The fraction of sp³-hybridized carbons (Fsp3) is 0.959. The Morgan fingerprint density at radius 2 is 0.866 bits per heavy atom. The third-order valence-electron chi connectivity index (χ3n) is 27.3. The van der Waals surface area contributed by atoms with Crippen LogP contribution in [0.25, 0.3) is 0 Å². The quantitative estimate of drug-likeness (QED) is 0.0340. The fourth-order valence-corrected chi connectivity index (χ4v) is 19.7. The molecule has 11 aliphatic rings. The van der Waals surface area contributed by atoms with Crippen LogP contribution in [-0.4, -0.2) is 408 Å². The van der Waals surface area contributed by atoms with Crippen LogP contribution in [0.1, 0.15) is 107 Å². The van der Waals surface area contributed by atoms with Gasteiger partial charge in [0.2, 0.25) is 0 Å². The first kappa shape index (κ1) is 90.7. The van der Waals surface area contributed by atoms with Gasteiger partial charge in [-0.2, -0.15) is 0 Å². The number of fused-ring (bicyclic) bond motifs is 5. The van der Waals surface area contributed by atoms with Crippen molar-refractivity contribution >= 4 is 5.78 Å². The zero-order valence-electron chi connectivity index (χ0n) is 63.9. The molecule has 4 aliphatic carbocycles. The number of aliphatic hydroxyl groups is 24. The van der Waals surface area contributed by atoms with Gasteiger partial charge in [0.25, 0.3) is 0 Å². The predicted octanol–water partition coefficient (Wildman–Crippen LogP) is -9.30. The molecule has 0 aromatic carbocycles. The second kappa shape index (κ2) is 35.9. The molecule has 7 aliphatic heterocycles. The molecule has 3 saturated carbocycles. The molecule has 45 atom stereocenters. The number of carbonyl (C=O) groups excluding carboxylic acids is 1. The van der Waals surface area contributed by atoms with Gasteiger partial charge in [0.15, 0.2) is 44.0 Å². The number of hydrogen-bond donors (Lipinski definition) is 24. The molecule has 0 aromatic rings. The molecule has 11 rings (SSSR count). The molecule has 0 radical (unpaired) electrons. The molecule has 24 N–H and O–H groups in total. The maximum Gasteiger partial charge on any atom is 0.187 e. The van der Waals surface area contributed by atoms with Crippen molar-refractivity contribution in [3.8, 4) is 0 Å². The highest BCUT2D eigenvalue weighted by Crippen LogP contribution is 2.74. The number of ketones is 1. The van der Waals surface area contributed by atoms with Crippen molar-refractivity contribution in [2.75, 3.05) is 52.9 Å². The highest BCUT2D eigenvalue weighted by molar-refractivity contribution is 5.88.